The van der Waals surface area contributed by atoms with Gasteiger partial charge in [-0.1, -0.05) is 6.07 Å². The second-order valence-corrected chi connectivity index (χ2v) is 5.42. The normalized spacial score (nSPS) is 10.4. The summed E-state index contributed by atoms with van der Waals surface area (Å²) in [6.45, 7) is 5.57. The number of anilines is 1. The van der Waals surface area contributed by atoms with E-state index in [1.54, 1.807) is 0 Å². The summed E-state index contributed by atoms with van der Waals surface area (Å²) < 4.78 is 6.55. The maximum atomic E-state index is 12.2. The first kappa shape index (κ1) is 13.1. The van der Waals surface area contributed by atoms with E-state index < -0.39 is 0 Å². The van der Waals surface area contributed by atoms with Crippen LogP contribution in [0.5, 0.6) is 0 Å². The van der Waals surface area contributed by atoms with E-state index in [0.717, 1.165) is 20.6 Å². The van der Waals surface area contributed by atoms with E-state index in [1.165, 1.54) is 0 Å². The van der Waals surface area contributed by atoms with Crippen molar-refractivity contribution in [1.82, 2.24) is 0 Å². The third-order valence-electron chi connectivity index (χ3n) is 2.87. The molecule has 94 valence electrons. The molecule has 1 aromatic carbocycles. The van der Waals surface area contributed by atoms with Gasteiger partial charge in [-0.15, -0.1) is 0 Å². The predicted molar refractivity (Wildman–Crippen MR) is 80.0 cm³/mol. The first-order chi connectivity index (χ1) is 8.49. The summed E-state index contributed by atoms with van der Waals surface area (Å²) in [4.78, 5) is 12.2. The van der Waals surface area contributed by atoms with Crippen LogP contribution in [0.1, 0.15) is 27.4 Å². The van der Waals surface area contributed by atoms with Crippen molar-refractivity contribution in [3.8, 4) is 0 Å². The number of furan rings is 1. The fraction of sp³-hybridized carbons (Fsp3) is 0.214. The molecule has 1 heterocycles. The van der Waals surface area contributed by atoms with Gasteiger partial charge in [-0.2, -0.15) is 0 Å². The van der Waals surface area contributed by atoms with E-state index in [-0.39, 0.29) is 5.91 Å². The largest absolute Gasteiger partial charge is 0.466 e. The zero-order chi connectivity index (χ0) is 13.3. The lowest BCUT2D eigenvalue weighted by atomic mass is 10.1. The molecule has 3 nitrogen and oxygen atoms in total. The fourth-order valence-corrected chi connectivity index (χ4v) is 2.43. The van der Waals surface area contributed by atoms with Crippen LogP contribution in [0, 0.1) is 24.3 Å². The van der Waals surface area contributed by atoms with Gasteiger partial charge in [0.25, 0.3) is 5.91 Å². The maximum absolute atomic E-state index is 12.2. The molecule has 0 saturated heterocycles. The number of hydrogen-bond acceptors (Lipinski definition) is 2. The molecule has 0 aliphatic rings. The molecule has 4 heteroatoms. The second kappa shape index (κ2) is 5.14. The third kappa shape index (κ3) is 2.58. The first-order valence-corrected chi connectivity index (χ1v) is 6.70. The van der Waals surface area contributed by atoms with Crippen LogP contribution < -0.4 is 5.32 Å². The molecular weight excluding hydrogens is 341 g/mol. The SMILES string of the molecule is Cc1oc(C)c(C(=O)Nc2cccc(I)c2)c1C. The zero-order valence-electron chi connectivity index (χ0n) is 10.5. The van der Waals surface area contributed by atoms with Crippen LogP contribution in [0.15, 0.2) is 28.7 Å². The molecule has 1 N–H and O–H groups in total. The summed E-state index contributed by atoms with van der Waals surface area (Å²) in [5.41, 5.74) is 2.33. The van der Waals surface area contributed by atoms with Crippen molar-refractivity contribution in [3.05, 3.63) is 50.5 Å². The number of hydrogen-bond donors (Lipinski definition) is 1. The van der Waals surface area contributed by atoms with Crippen LogP contribution in [0.2, 0.25) is 0 Å². The average Bonchev–Trinajstić information content (AvgIpc) is 2.53. The van der Waals surface area contributed by atoms with Crippen molar-refractivity contribution in [2.24, 2.45) is 0 Å². The van der Waals surface area contributed by atoms with Crippen molar-refractivity contribution >= 4 is 34.2 Å². The average molecular weight is 355 g/mol. The van der Waals surface area contributed by atoms with Gasteiger partial charge in [-0.25, -0.2) is 0 Å². The van der Waals surface area contributed by atoms with Crippen LogP contribution in [0.4, 0.5) is 5.69 Å². The Morgan fingerprint density at radius 1 is 1.22 bits per heavy atom. The topological polar surface area (TPSA) is 42.2 Å². The molecule has 0 aliphatic heterocycles. The lowest BCUT2D eigenvalue weighted by Gasteiger charge is -2.05. The Morgan fingerprint density at radius 2 is 1.94 bits per heavy atom. The molecular formula is C14H14INO2. The van der Waals surface area contributed by atoms with E-state index in [0.29, 0.717) is 11.3 Å². The Morgan fingerprint density at radius 3 is 2.50 bits per heavy atom. The summed E-state index contributed by atoms with van der Waals surface area (Å²) in [7, 11) is 0. The van der Waals surface area contributed by atoms with Crippen molar-refractivity contribution in [1.29, 1.82) is 0 Å². The minimum Gasteiger partial charge on any atom is -0.466 e. The molecule has 2 aromatic rings. The molecule has 0 radical (unpaired) electrons. The Kier molecular flexibility index (Phi) is 3.75. The minimum atomic E-state index is -0.121. The van der Waals surface area contributed by atoms with Crippen molar-refractivity contribution < 1.29 is 9.21 Å². The number of carbonyl (C=O) groups excluding carboxylic acids is 1. The van der Waals surface area contributed by atoms with Crippen LogP contribution in [-0.4, -0.2) is 5.91 Å². The zero-order valence-corrected chi connectivity index (χ0v) is 12.7. The van der Waals surface area contributed by atoms with Crippen molar-refractivity contribution in [2.75, 3.05) is 5.32 Å². The lowest BCUT2D eigenvalue weighted by Crippen LogP contribution is -2.13. The van der Waals surface area contributed by atoms with Crippen LogP contribution in [0.3, 0.4) is 0 Å². The Balaban J connectivity index is 2.27. The molecule has 0 unspecified atom stereocenters. The van der Waals surface area contributed by atoms with Gasteiger partial charge in [0.15, 0.2) is 0 Å². The summed E-state index contributed by atoms with van der Waals surface area (Å²) in [5, 5.41) is 2.89. The van der Waals surface area contributed by atoms with E-state index in [1.807, 2.05) is 45.0 Å². The standard InChI is InChI=1S/C14H14INO2/c1-8-9(2)18-10(3)13(8)14(17)16-12-6-4-5-11(15)7-12/h4-7H,1-3H3,(H,16,17). The molecule has 1 amide bonds. The molecule has 18 heavy (non-hydrogen) atoms. The molecule has 0 saturated carbocycles. The Hall–Kier alpha value is -1.30. The van der Waals surface area contributed by atoms with E-state index >= 15 is 0 Å². The quantitative estimate of drug-likeness (QED) is 0.826. The van der Waals surface area contributed by atoms with E-state index in [4.69, 9.17) is 4.42 Å². The number of nitrogens with one attached hydrogen (secondary N) is 1. The van der Waals surface area contributed by atoms with E-state index in [9.17, 15) is 4.79 Å². The van der Waals surface area contributed by atoms with E-state index in [2.05, 4.69) is 27.9 Å². The number of amides is 1. The second-order valence-electron chi connectivity index (χ2n) is 4.18. The number of halogens is 1. The van der Waals surface area contributed by atoms with Gasteiger partial charge < -0.3 is 9.73 Å². The molecule has 0 aliphatic carbocycles. The van der Waals surface area contributed by atoms with Gasteiger partial charge in [0.1, 0.15) is 11.5 Å². The molecule has 0 spiro atoms. The number of carbonyl (C=O) groups is 1. The smallest absolute Gasteiger partial charge is 0.259 e. The monoisotopic (exact) mass is 355 g/mol. The molecule has 0 bridgehead atoms. The molecule has 1 aromatic heterocycles. The minimum absolute atomic E-state index is 0.121. The van der Waals surface area contributed by atoms with Crippen LogP contribution >= 0.6 is 22.6 Å². The summed E-state index contributed by atoms with van der Waals surface area (Å²) >= 11 is 2.21. The first-order valence-electron chi connectivity index (χ1n) is 5.62. The lowest BCUT2D eigenvalue weighted by molar-refractivity contribution is 0.102. The number of rotatable bonds is 2. The van der Waals surface area contributed by atoms with Gasteiger partial charge >= 0.3 is 0 Å². The van der Waals surface area contributed by atoms with Gasteiger partial charge in [-0.3, -0.25) is 4.79 Å². The van der Waals surface area contributed by atoms with Crippen molar-refractivity contribution in [3.63, 3.8) is 0 Å². The molecule has 0 atom stereocenters. The Bertz CT molecular complexity index is 602. The molecule has 0 fully saturated rings. The number of aryl methyl sites for hydroxylation is 2. The molecule has 2 rings (SSSR count). The van der Waals surface area contributed by atoms with Crippen LogP contribution in [0.25, 0.3) is 0 Å². The van der Waals surface area contributed by atoms with Crippen molar-refractivity contribution in [2.45, 2.75) is 20.8 Å². The highest BCUT2D eigenvalue weighted by molar-refractivity contribution is 14.1. The number of benzene rings is 1. The van der Waals surface area contributed by atoms with Gasteiger partial charge in [0.05, 0.1) is 5.56 Å². The van der Waals surface area contributed by atoms with Crippen LogP contribution in [-0.2, 0) is 0 Å². The fourth-order valence-electron chi connectivity index (χ4n) is 1.89. The Labute approximate surface area is 120 Å². The summed E-state index contributed by atoms with van der Waals surface area (Å²) in [6.07, 6.45) is 0. The highest BCUT2D eigenvalue weighted by Crippen LogP contribution is 2.22. The van der Waals surface area contributed by atoms with Gasteiger partial charge in [0, 0.05) is 14.8 Å². The summed E-state index contributed by atoms with van der Waals surface area (Å²) in [6, 6.07) is 7.69. The summed E-state index contributed by atoms with van der Waals surface area (Å²) in [5.74, 6) is 1.33. The highest BCUT2D eigenvalue weighted by atomic mass is 127. The maximum Gasteiger partial charge on any atom is 0.259 e. The predicted octanol–water partition coefficient (Wildman–Crippen LogP) is 4.06. The van der Waals surface area contributed by atoms with Gasteiger partial charge in [-0.05, 0) is 61.6 Å². The van der Waals surface area contributed by atoms with Gasteiger partial charge in [0.2, 0.25) is 0 Å². The third-order valence-corrected chi connectivity index (χ3v) is 3.54. The highest BCUT2D eigenvalue weighted by Gasteiger charge is 2.18.